The lowest BCUT2D eigenvalue weighted by Crippen LogP contribution is -2.62. The SMILES string of the molecule is CC1=C(N2c3cc(N(c4ccc(C(C)(C)C)cc4)c4ccc(C(C)(C)C)cc4)cc4c3B(c3cc5c(cc3N4c3ccccc3C)CC(C)(C)C5)c3ccc4c(c32)CC(C)(C)C4)C=CC(C)C1. The summed E-state index contributed by atoms with van der Waals surface area (Å²) in [5, 5.41) is 0. The van der Waals surface area contributed by atoms with Crippen LogP contribution >= 0.6 is 0 Å². The van der Waals surface area contributed by atoms with Crippen LogP contribution in [0.2, 0.25) is 0 Å². The summed E-state index contributed by atoms with van der Waals surface area (Å²) < 4.78 is 0. The van der Waals surface area contributed by atoms with Crippen LogP contribution < -0.4 is 31.1 Å². The topological polar surface area (TPSA) is 9.72 Å². The summed E-state index contributed by atoms with van der Waals surface area (Å²) in [7, 11) is 0. The number of para-hydroxylation sites is 1. The Balaban J connectivity index is 1.27. The van der Waals surface area contributed by atoms with Crippen molar-refractivity contribution in [3.05, 3.63) is 172 Å². The standard InChI is InChI=1S/C63H70BN3/c1-39-18-29-54(41(3)30-39)67-57-34-49(65(47-24-20-45(21-25-47)60(4,5)6)48-26-22-46(23-27-48)61(7,8)9)33-56-58(57)64(51-28-19-42-35-63(12,13)38-50(42)59(51)67)52-31-43-36-62(10,11)37-44(43)32-55(52)66(56)53-17-15-14-16-40(53)2/h14-29,31-34,39H,30,35-38H2,1-13H3. The Hall–Kier alpha value is -5.74. The van der Waals surface area contributed by atoms with Crippen molar-refractivity contribution in [1.29, 1.82) is 0 Å². The van der Waals surface area contributed by atoms with Crippen LogP contribution in [0.25, 0.3) is 0 Å². The normalized spacial score (nSPS) is 18.7. The summed E-state index contributed by atoms with van der Waals surface area (Å²) in [6.45, 7) is 30.8. The number of nitrogens with zero attached hydrogens (tertiary/aromatic N) is 3. The first-order valence-electron chi connectivity index (χ1n) is 25.2. The van der Waals surface area contributed by atoms with Crippen molar-refractivity contribution in [2.24, 2.45) is 16.7 Å². The molecular formula is C63H70BN3. The molecule has 11 rings (SSSR count). The number of aryl methyl sites for hydroxylation is 1. The Morgan fingerprint density at radius 1 is 0.567 bits per heavy atom. The van der Waals surface area contributed by atoms with Gasteiger partial charge in [-0.25, -0.2) is 0 Å². The Morgan fingerprint density at radius 2 is 1.13 bits per heavy atom. The summed E-state index contributed by atoms with van der Waals surface area (Å²) in [5.74, 6) is 0.499. The first-order chi connectivity index (χ1) is 31.7. The van der Waals surface area contributed by atoms with E-state index in [1.807, 2.05) is 0 Å². The number of hydrogen-bond donors (Lipinski definition) is 0. The van der Waals surface area contributed by atoms with Crippen molar-refractivity contribution in [3.63, 3.8) is 0 Å². The minimum atomic E-state index is 0.0405. The molecule has 5 aliphatic rings. The highest BCUT2D eigenvalue weighted by Crippen LogP contribution is 2.52. The van der Waals surface area contributed by atoms with E-state index in [4.69, 9.17) is 0 Å². The third kappa shape index (κ3) is 7.31. The zero-order valence-corrected chi connectivity index (χ0v) is 42.6. The largest absolute Gasteiger partial charge is 0.311 e. The van der Waals surface area contributed by atoms with E-state index in [9.17, 15) is 0 Å². The lowest BCUT2D eigenvalue weighted by atomic mass is 9.33. The van der Waals surface area contributed by atoms with Crippen LogP contribution in [-0.2, 0) is 36.5 Å². The van der Waals surface area contributed by atoms with Crippen LogP contribution in [-0.4, -0.2) is 6.71 Å². The van der Waals surface area contributed by atoms with Crippen molar-refractivity contribution in [1.82, 2.24) is 0 Å². The lowest BCUT2D eigenvalue weighted by Gasteiger charge is -2.47. The Kier molecular flexibility index (Phi) is 9.90. The van der Waals surface area contributed by atoms with E-state index in [0.717, 1.165) is 49.2 Å². The summed E-state index contributed by atoms with van der Waals surface area (Å²) in [6.07, 6.45) is 10.3. The fourth-order valence-corrected chi connectivity index (χ4v) is 12.6. The number of benzene rings is 6. The highest BCUT2D eigenvalue weighted by atomic mass is 15.2. The molecule has 6 aromatic rings. The van der Waals surface area contributed by atoms with E-state index >= 15 is 0 Å². The van der Waals surface area contributed by atoms with Gasteiger partial charge < -0.3 is 14.7 Å². The van der Waals surface area contributed by atoms with Gasteiger partial charge in [-0.3, -0.25) is 0 Å². The summed E-state index contributed by atoms with van der Waals surface area (Å²) in [4.78, 5) is 7.96. The molecule has 0 spiro atoms. The highest BCUT2D eigenvalue weighted by molar-refractivity contribution is 7.00. The van der Waals surface area contributed by atoms with Crippen molar-refractivity contribution < 1.29 is 0 Å². The molecule has 3 nitrogen and oxygen atoms in total. The monoisotopic (exact) mass is 880 g/mol. The molecule has 340 valence electrons. The quantitative estimate of drug-likeness (QED) is 0.160. The van der Waals surface area contributed by atoms with Gasteiger partial charge in [-0.05, 0) is 189 Å². The highest BCUT2D eigenvalue weighted by Gasteiger charge is 2.48. The second-order valence-corrected chi connectivity index (χ2v) is 24.8. The Bertz CT molecular complexity index is 3000. The number of anilines is 8. The number of hydrogen-bond acceptors (Lipinski definition) is 3. The van der Waals surface area contributed by atoms with Gasteiger partial charge in [0.1, 0.15) is 0 Å². The second-order valence-electron chi connectivity index (χ2n) is 24.8. The Labute approximate surface area is 402 Å². The molecular weight excluding hydrogens is 810 g/mol. The third-order valence-electron chi connectivity index (χ3n) is 15.9. The number of fused-ring (bicyclic) bond motifs is 7. The molecule has 3 aliphatic carbocycles. The molecule has 2 heterocycles. The predicted octanol–water partition coefficient (Wildman–Crippen LogP) is 14.9. The van der Waals surface area contributed by atoms with Gasteiger partial charge in [-0.2, -0.15) is 0 Å². The molecule has 0 bridgehead atoms. The van der Waals surface area contributed by atoms with E-state index < -0.39 is 0 Å². The van der Waals surface area contributed by atoms with Gasteiger partial charge in [0.2, 0.25) is 0 Å². The molecule has 0 saturated carbocycles. The van der Waals surface area contributed by atoms with Gasteiger partial charge in [-0.1, -0.05) is 143 Å². The smallest absolute Gasteiger partial charge is 0.252 e. The van der Waals surface area contributed by atoms with Crippen LogP contribution in [0.1, 0.15) is 128 Å². The molecule has 2 aliphatic heterocycles. The maximum Gasteiger partial charge on any atom is 0.252 e. The van der Waals surface area contributed by atoms with E-state index in [-0.39, 0.29) is 28.4 Å². The van der Waals surface area contributed by atoms with Crippen molar-refractivity contribution in [3.8, 4) is 0 Å². The van der Waals surface area contributed by atoms with Gasteiger partial charge in [0, 0.05) is 45.5 Å². The average Bonchev–Trinajstić information content (AvgIpc) is 3.75. The third-order valence-corrected chi connectivity index (χ3v) is 15.9. The molecule has 1 atom stereocenters. The van der Waals surface area contributed by atoms with Crippen molar-refractivity contribution in [2.45, 2.75) is 133 Å². The molecule has 0 saturated heterocycles. The number of allylic oxidation sites excluding steroid dienone is 3. The molecule has 0 radical (unpaired) electrons. The second kappa shape index (κ2) is 15.1. The zero-order chi connectivity index (χ0) is 47.1. The maximum atomic E-state index is 2.76. The van der Waals surface area contributed by atoms with E-state index in [2.05, 4.69) is 226 Å². The first-order valence-corrected chi connectivity index (χ1v) is 25.2. The van der Waals surface area contributed by atoms with Crippen LogP contribution in [0.3, 0.4) is 0 Å². The number of rotatable bonds is 5. The van der Waals surface area contributed by atoms with Crippen molar-refractivity contribution >= 4 is 68.6 Å². The predicted molar refractivity (Wildman–Crippen MR) is 289 cm³/mol. The molecule has 0 amide bonds. The van der Waals surface area contributed by atoms with Gasteiger partial charge in [0.15, 0.2) is 0 Å². The van der Waals surface area contributed by atoms with Crippen LogP contribution in [0.4, 0.5) is 45.5 Å². The minimum Gasteiger partial charge on any atom is -0.311 e. The first kappa shape index (κ1) is 43.8. The summed E-state index contributed by atoms with van der Waals surface area (Å²) in [5.41, 5.74) is 27.6. The summed E-state index contributed by atoms with van der Waals surface area (Å²) in [6, 6.07) is 43.3. The van der Waals surface area contributed by atoms with Gasteiger partial charge in [0.25, 0.3) is 6.71 Å². The molecule has 67 heavy (non-hydrogen) atoms. The van der Waals surface area contributed by atoms with E-state index in [0.29, 0.717) is 5.92 Å². The fourth-order valence-electron chi connectivity index (χ4n) is 12.6. The van der Waals surface area contributed by atoms with Gasteiger partial charge in [-0.15, -0.1) is 0 Å². The summed E-state index contributed by atoms with van der Waals surface area (Å²) >= 11 is 0. The minimum absolute atomic E-state index is 0.0405. The molecule has 4 heteroatoms. The van der Waals surface area contributed by atoms with Crippen LogP contribution in [0.15, 0.2) is 133 Å². The van der Waals surface area contributed by atoms with E-state index in [1.165, 1.54) is 95.0 Å². The van der Waals surface area contributed by atoms with Crippen LogP contribution in [0, 0.1) is 23.7 Å². The molecule has 1 unspecified atom stereocenters. The van der Waals surface area contributed by atoms with Gasteiger partial charge >= 0.3 is 0 Å². The lowest BCUT2D eigenvalue weighted by molar-refractivity contribution is 0.392. The molecule has 0 N–H and O–H groups in total. The molecule has 0 aromatic heterocycles. The van der Waals surface area contributed by atoms with Gasteiger partial charge in [0.05, 0.1) is 5.69 Å². The molecule has 6 aromatic carbocycles. The fraction of sp³-hybridized carbons (Fsp3) is 0.365. The van der Waals surface area contributed by atoms with Crippen LogP contribution in [0.5, 0.6) is 0 Å². The van der Waals surface area contributed by atoms with E-state index in [1.54, 1.807) is 0 Å². The molecule has 0 fully saturated rings. The average molecular weight is 880 g/mol. The van der Waals surface area contributed by atoms with Crippen molar-refractivity contribution in [2.75, 3.05) is 14.7 Å². The maximum absolute atomic E-state index is 2.76. The Morgan fingerprint density at radius 3 is 1.73 bits per heavy atom. The zero-order valence-electron chi connectivity index (χ0n) is 42.6.